The first-order chi connectivity index (χ1) is 13.1. The molecule has 0 radical (unpaired) electrons. The number of methoxy groups -OCH3 is 2. The zero-order valence-electron chi connectivity index (χ0n) is 16.0. The minimum atomic E-state index is 0.356. The first kappa shape index (κ1) is 22.3. The summed E-state index contributed by atoms with van der Waals surface area (Å²) < 4.78 is 16.2. The quantitative estimate of drug-likeness (QED) is 0.236. The van der Waals surface area contributed by atoms with Crippen LogP contribution in [-0.4, -0.2) is 27.4 Å². The van der Waals surface area contributed by atoms with Crippen molar-refractivity contribution in [1.29, 1.82) is 0 Å². The summed E-state index contributed by atoms with van der Waals surface area (Å²) in [4.78, 5) is 0.711. The molecule has 0 aliphatic rings. The minimum absolute atomic E-state index is 0.356. The van der Waals surface area contributed by atoms with Crippen LogP contribution in [0.4, 0.5) is 0 Å². The van der Waals surface area contributed by atoms with Crippen molar-refractivity contribution >= 4 is 31.9 Å². The summed E-state index contributed by atoms with van der Waals surface area (Å²) in [6, 6.07) is 16.4. The Morgan fingerprint density at radius 1 is 0.667 bits per heavy atom. The molecule has 0 aromatic heterocycles. The molecule has 0 saturated carbocycles. The van der Waals surface area contributed by atoms with E-state index >= 15 is 0 Å². The molecule has 0 bridgehead atoms. The molecule has 2 atom stereocenters. The molecule has 0 saturated heterocycles. The summed E-state index contributed by atoms with van der Waals surface area (Å²) in [5.74, 6) is 1.78. The number of rotatable bonds is 12. The van der Waals surface area contributed by atoms with E-state index in [1.54, 1.807) is 14.2 Å². The van der Waals surface area contributed by atoms with E-state index in [1.165, 1.54) is 11.1 Å². The normalized spacial score (nSPS) is 13.2. The summed E-state index contributed by atoms with van der Waals surface area (Å²) in [5, 5.41) is 0. The first-order valence-corrected chi connectivity index (χ1v) is 11.1. The van der Waals surface area contributed by atoms with E-state index in [9.17, 15) is 0 Å². The maximum Gasteiger partial charge on any atom is 0.118 e. The Hall–Kier alpha value is -1.04. The van der Waals surface area contributed by atoms with Crippen molar-refractivity contribution < 1.29 is 14.2 Å². The fraction of sp³-hybridized carbons (Fsp3) is 0.455. The van der Waals surface area contributed by atoms with Gasteiger partial charge in [0.2, 0.25) is 0 Å². The van der Waals surface area contributed by atoms with Crippen LogP contribution in [0, 0.1) is 0 Å². The van der Waals surface area contributed by atoms with E-state index in [0.29, 0.717) is 9.65 Å². The lowest BCUT2D eigenvalue weighted by atomic mass is 10.1. The van der Waals surface area contributed by atoms with Gasteiger partial charge < -0.3 is 14.2 Å². The molecule has 0 spiro atoms. The van der Waals surface area contributed by atoms with Crippen LogP contribution in [0.2, 0.25) is 0 Å². The van der Waals surface area contributed by atoms with E-state index in [4.69, 9.17) is 14.2 Å². The second kappa shape index (κ2) is 12.4. The van der Waals surface area contributed by atoms with Gasteiger partial charge in [-0.3, -0.25) is 0 Å². The van der Waals surface area contributed by atoms with Gasteiger partial charge in [-0.05, 0) is 61.1 Å². The van der Waals surface area contributed by atoms with Crippen LogP contribution in [0.5, 0.6) is 11.5 Å². The molecule has 3 nitrogen and oxygen atoms in total. The highest BCUT2D eigenvalue weighted by molar-refractivity contribution is 9.09. The second-order valence-electron chi connectivity index (χ2n) is 6.38. The summed E-state index contributed by atoms with van der Waals surface area (Å²) in [6.07, 6.45) is 4.19. The number of halogens is 2. The maximum atomic E-state index is 5.80. The third-order valence-corrected chi connectivity index (χ3v) is 6.42. The molecule has 0 aliphatic carbocycles. The van der Waals surface area contributed by atoms with Gasteiger partial charge in [-0.1, -0.05) is 56.1 Å². The van der Waals surface area contributed by atoms with Crippen LogP contribution < -0.4 is 9.47 Å². The Kier molecular flexibility index (Phi) is 10.2. The molecule has 0 heterocycles. The molecule has 2 rings (SSSR count). The Labute approximate surface area is 179 Å². The lowest BCUT2D eigenvalue weighted by Crippen LogP contribution is -2.00. The molecular weight excluding hydrogens is 472 g/mol. The number of hydrogen-bond acceptors (Lipinski definition) is 3. The van der Waals surface area contributed by atoms with Gasteiger partial charge in [0.15, 0.2) is 0 Å². The smallest absolute Gasteiger partial charge is 0.118 e. The maximum absolute atomic E-state index is 5.80. The minimum Gasteiger partial charge on any atom is -0.497 e. The average Bonchev–Trinajstić information content (AvgIpc) is 2.72. The van der Waals surface area contributed by atoms with Crippen molar-refractivity contribution in [3.05, 3.63) is 59.7 Å². The van der Waals surface area contributed by atoms with Gasteiger partial charge in [-0.15, -0.1) is 0 Å². The highest BCUT2D eigenvalue weighted by atomic mass is 79.9. The van der Waals surface area contributed by atoms with Gasteiger partial charge in [0, 0.05) is 22.9 Å². The molecule has 0 N–H and O–H groups in total. The van der Waals surface area contributed by atoms with Crippen molar-refractivity contribution in [2.45, 2.75) is 35.3 Å². The summed E-state index contributed by atoms with van der Waals surface area (Å²) in [5.41, 5.74) is 2.55. The fourth-order valence-electron chi connectivity index (χ4n) is 2.79. The molecule has 148 valence electrons. The Morgan fingerprint density at radius 2 is 1.04 bits per heavy atom. The van der Waals surface area contributed by atoms with Crippen molar-refractivity contribution in [3.8, 4) is 11.5 Å². The molecule has 5 heteroatoms. The van der Waals surface area contributed by atoms with Gasteiger partial charge in [0.25, 0.3) is 0 Å². The largest absolute Gasteiger partial charge is 0.497 e. The number of benzene rings is 2. The number of alkyl halides is 2. The van der Waals surface area contributed by atoms with Crippen molar-refractivity contribution in [3.63, 3.8) is 0 Å². The van der Waals surface area contributed by atoms with Crippen LogP contribution in [0.3, 0.4) is 0 Å². The molecule has 0 amide bonds. The second-order valence-corrected chi connectivity index (χ2v) is 8.59. The molecular formula is C22H28Br2O3. The topological polar surface area (TPSA) is 27.7 Å². The number of ether oxygens (including phenoxy) is 3. The molecule has 0 fully saturated rings. The van der Waals surface area contributed by atoms with Crippen molar-refractivity contribution in [1.82, 2.24) is 0 Å². The van der Waals surface area contributed by atoms with Gasteiger partial charge in [0.1, 0.15) is 11.5 Å². The molecule has 2 aromatic carbocycles. The van der Waals surface area contributed by atoms with Gasteiger partial charge in [-0.2, -0.15) is 0 Å². The third kappa shape index (κ3) is 7.84. The molecule has 0 aliphatic heterocycles. The SMILES string of the molecule is COc1ccc(C(Br)CCCOCCCC(Br)c2ccc(OC)cc2)cc1. The monoisotopic (exact) mass is 498 g/mol. The van der Waals surface area contributed by atoms with Crippen molar-refractivity contribution in [2.75, 3.05) is 27.4 Å². The summed E-state index contributed by atoms with van der Waals surface area (Å²) in [7, 11) is 3.37. The van der Waals surface area contributed by atoms with E-state index < -0.39 is 0 Å². The standard InChI is InChI=1S/C22H28Br2O3/c1-25-19-11-7-17(8-12-19)21(23)5-3-15-27-16-4-6-22(24)18-9-13-20(26-2)14-10-18/h7-14,21-22H,3-6,15-16H2,1-2H3. The van der Waals surface area contributed by atoms with Crippen LogP contribution >= 0.6 is 31.9 Å². The van der Waals surface area contributed by atoms with E-state index in [-0.39, 0.29) is 0 Å². The predicted octanol–water partition coefficient (Wildman–Crippen LogP) is 6.85. The molecule has 27 heavy (non-hydrogen) atoms. The van der Waals surface area contributed by atoms with E-state index in [2.05, 4.69) is 56.1 Å². The van der Waals surface area contributed by atoms with Crippen LogP contribution in [-0.2, 0) is 4.74 Å². The highest BCUT2D eigenvalue weighted by Crippen LogP contribution is 2.30. The zero-order valence-corrected chi connectivity index (χ0v) is 19.2. The van der Waals surface area contributed by atoms with Gasteiger partial charge in [-0.25, -0.2) is 0 Å². The Morgan fingerprint density at radius 3 is 1.37 bits per heavy atom. The Balaban J connectivity index is 1.55. The highest BCUT2D eigenvalue weighted by Gasteiger charge is 2.09. The van der Waals surface area contributed by atoms with Crippen LogP contribution in [0.1, 0.15) is 46.5 Å². The fourth-order valence-corrected chi connectivity index (χ4v) is 4.05. The van der Waals surface area contributed by atoms with Gasteiger partial charge >= 0.3 is 0 Å². The predicted molar refractivity (Wildman–Crippen MR) is 119 cm³/mol. The Bertz CT molecular complexity index is 586. The van der Waals surface area contributed by atoms with Crippen LogP contribution in [0.25, 0.3) is 0 Å². The molecule has 2 unspecified atom stereocenters. The first-order valence-electron chi connectivity index (χ1n) is 9.28. The average molecular weight is 500 g/mol. The van der Waals surface area contributed by atoms with Crippen LogP contribution in [0.15, 0.2) is 48.5 Å². The molecule has 2 aromatic rings. The summed E-state index contributed by atoms with van der Waals surface area (Å²) >= 11 is 7.52. The number of hydrogen-bond donors (Lipinski definition) is 0. The van der Waals surface area contributed by atoms with E-state index in [0.717, 1.165) is 50.4 Å². The van der Waals surface area contributed by atoms with Crippen molar-refractivity contribution in [2.24, 2.45) is 0 Å². The zero-order chi connectivity index (χ0) is 19.5. The lowest BCUT2D eigenvalue weighted by molar-refractivity contribution is 0.126. The summed E-state index contributed by atoms with van der Waals surface area (Å²) in [6.45, 7) is 1.60. The van der Waals surface area contributed by atoms with E-state index in [1.807, 2.05) is 24.3 Å². The third-order valence-electron chi connectivity index (χ3n) is 4.45. The van der Waals surface area contributed by atoms with Gasteiger partial charge in [0.05, 0.1) is 14.2 Å². The lowest BCUT2D eigenvalue weighted by Gasteiger charge is -2.12.